The van der Waals surface area contributed by atoms with E-state index in [0.717, 1.165) is 37.8 Å². The van der Waals surface area contributed by atoms with E-state index in [2.05, 4.69) is 21.5 Å². The number of hydrogen-bond acceptors (Lipinski definition) is 2. The highest BCUT2D eigenvalue weighted by Crippen LogP contribution is 2.00. The molecule has 0 radical (unpaired) electrons. The normalized spacial score (nSPS) is 11.2. The summed E-state index contributed by atoms with van der Waals surface area (Å²) in [5.74, 6) is 1.88. The summed E-state index contributed by atoms with van der Waals surface area (Å²) in [5, 5.41) is 0. The first kappa shape index (κ1) is 13.5. The molecule has 0 amide bonds. The first-order valence-corrected chi connectivity index (χ1v) is 6.49. The summed E-state index contributed by atoms with van der Waals surface area (Å²) in [6.45, 7) is 5.31. The van der Waals surface area contributed by atoms with Gasteiger partial charge in [-0.1, -0.05) is 6.42 Å². The predicted molar refractivity (Wildman–Crippen MR) is 69.0 cm³/mol. The van der Waals surface area contributed by atoms with Gasteiger partial charge in [-0.15, -0.1) is 11.6 Å². The maximum atomic E-state index is 5.64. The molecular formula is C12H22ClN3. The van der Waals surface area contributed by atoms with Crippen LogP contribution in [0.25, 0.3) is 0 Å². The van der Waals surface area contributed by atoms with Crippen molar-refractivity contribution in [1.82, 2.24) is 14.5 Å². The lowest BCUT2D eigenvalue weighted by Crippen LogP contribution is -2.24. The highest BCUT2D eigenvalue weighted by Gasteiger charge is 2.00. The molecule has 0 aliphatic heterocycles. The first-order valence-electron chi connectivity index (χ1n) is 5.96. The molecule has 0 unspecified atom stereocenters. The largest absolute Gasteiger partial charge is 0.334 e. The zero-order valence-electron chi connectivity index (χ0n) is 10.3. The Morgan fingerprint density at radius 1 is 1.31 bits per heavy atom. The highest BCUT2D eigenvalue weighted by molar-refractivity contribution is 6.17. The smallest absolute Gasteiger partial charge is 0.105 e. The van der Waals surface area contributed by atoms with Crippen LogP contribution >= 0.6 is 11.6 Å². The van der Waals surface area contributed by atoms with Crippen molar-refractivity contribution in [1.29, 1.82) is 0 Å². The van der Waals surface area contributed by atoms with Crippen molar-refractivity contribution in [3.63, 3.8) is 0 Å². The molecule has 0 bridgehead atoms. The lowest BCUT2D eigenvalue weighted by molar-refractivity contribution is 0.310. The monoisotopic (exact) mass is 243 g/mol. The Balaban J connectivity index is 2.10. The Morgan fingerprint density at radius 3 is 2.75 bits per heavy atom. The maximum absolute atomic E-state index is 5.64. The molecule has 1 aromatic rings. The van der Waals surface area contributed by atoms with Gasteiger partial charge in [-0.3, -0.25) is 0 Å². The first-order chi connectivity index (χ1) is 7.74. The zero-order valence-corrected chi connectivity index (χ0v) is 11.1. The van der Waals surface area contributed by atoms with Crippen molar-refractivity contribution < 1.29 is 0 Å². The highest BCUT2D eigenvalue weighted by atomic mass is 35.5. The lowest BCUT2D eigenvalue weighted by atomic mass is 10.2. The van der Waals surface area contributed by atoms with E-state index >= 15 is 0 Å². The fraction of sp³-hybridized carbons (Fsp3) is 0.750. The zero-order chi connectivity index (χ0) is 11.8. The van der Waals surface area contributed by atoms with Crippen LogP contribution < -0.4 is 0 Å². The number of nitrogens with zero attached hydrogens (tertiary/aromatic N) is 3. The van der Waals surface area contributed by atoms with Crippen molar-refractivity contribution in [3.8, 4) is 0 Å². The molecule has 3 nitrogen and oxygen atoms in total. The van der Waals surface area contributed by atoms with E-state index in [0.29, 0.717) is 0 Å². The number of hydrogen-bond donors (Lipinski definition) is 0. The van der Waals surface area contributed by atoms with Gasteiger partial charge in [0.2, 0.25) is 0 Å². The summed E-state index contributed by atoms with van der Waals surface area (Å²) in [7, 11) is 2.17. The van der Waals surface area contributed by atoms with Gasteiger partial charge in [-0.05, 0) is 33.4 Å². The van der Waals surface area contributed by atoms with Crippen molar-refractivity contribution in [2.24, 2.45) is 0 Å². The average molecular weight is 244 g/mol. The molecule has 92 valence electrons. The molecule has 0 atom stereocenters. The molecular weight excluding hydrogens is 222 g/mol. The summed E-state index contributed by atoms with van der Waals surface area (Å²) >= 11 is 5.64. The van der Waals surface area contributed by atoms with Crippen LogP contribution in [-0.4, -0.2) is 40.5 Å². The average Bonchev–Trinajstić information content (AvgIpc) is 2.67. The third-order valence-electron chi connectivity index (χ3n) is 2.82. The molecule has 0 saturated heterocycles. The van der Waals surface area contributed by atoms with Crippen LogP contribution in [0.3, 0.4) is 0 Å². The van der Waals surface area contributed by atoms with Gasteiger partial charge in [-0.2, -0.15) is 0 Å². The number of alkyl halides is 1. The Kier molecular flexibility index (Phi) is 6.50. The number of aryl methyl sites for hydroxylation is 1. The van der Waals surface area contributed by atoms with E-state index in [1.165, 1.54) is 12.8 Å². The molecule has 0 aliphatic carbocycles. The summed E-state index contributed by atoms with van der Waals surface area (Å²) in [6.07, 6.45) is 7.51. The quantitative estimate of drug-likeness (QED) is 0.517. The van der Waals surface area contributed by atoms with Crippen LogP contribution in [0, 0.1) is 6.92 Å². The second kappa shape index (κ2) is 7.69. The number of likely N-dealkylation sites (N-methyl/N-ethyl adjacent to an activating group) is 1. The maximum Gasteiger partial charge on any atom is 0.105 e. The fourth-order valence-corrected chi connectivity index (χ4v) is 1.87. The molecule has 0 aliphatic rings. The Labute approximate surface area is 103 Å². The molecule has 0 spiro atoms. The van der Waals surface area contributed by atoms with Gasteiger partial charge in [0.05, 0.1) is 0 Å². The van der Waals surface area contributed by atoms with Crippen LogP contribution in [0.1, 0.15) is 25.1 Å². The van der Waals surface area contributed by atoms with E-state index in [9.17, 15) is 0 Å². The molecule has 0 saturated carbocycles. The Morgan fingerprint density at radius 2 is 2.12 bits per heavy atom. The molecule has 0 N–H and O–H groups in total. The minimum Gasteiger partial charge on any atom is -0.334 e. The van der Waals surface area contributed by atoms with Gasteiger partial charge in [-0.25, -0.2) is 4.98 Å². The molecule has 16 heavy (non-hydrogen) atoms. The SMILES string of the molecule is Cc1nccn1CCN(C)CCCCCCl. The number of halogens is 1. The number of aromatic nitrogens is 2. The molecule has 1 rings (SSSR count). The second-order valence-electron chi connectivity index (χ2n) is 4.22. The lowest BCUT2D eigenvalue weighted by Gasteiger charge is -2.17. The van der Waals surface area contributed by atoms with Crippen LogP contribution in [-0.2, 0) is 6.54 Å². The summed E-state index contributed by atoms with van der Waals surface area (Å²) in [5.41, 5.74) is 0. The van der Waals surface area contributed by atoms with E-state index in [-0.39, 0.29) is 0 Å². The molecule has 1 aromatic heterocycles. The van der Waals surface area contributed by atoms with Gasteiger partial charge < -0.3 is 9.47 Å². The van der Waals surface area contributed by atoms with Crippen molar-refractivity contribution >= 4 is 11.6 Å². The van der Waals surface area contributed by atoms with Gasteiger partial charge in [0.15, 0.2) is 0 Å². The number of imidazole rings is 1. The van der Waals surface area contributed by atoms with Gasteiger partial charge >= 0.3 is 0 Å². The third kappa shape index (κ3) is 4.99. The standard InChI is InChI=1S/C12H22ClN3/c1-12-14-7-9-16(12)11-10-15(2)8-5-3-4-6-13/h7,9H,3-6,8,10-11H2,1-2H3. The topological polar surface area (TPSA) is 21.1 Å². The minimum absolute atomic E-state index is 0.790. The van der Waals surface area contributed by atoms with Crippen molar-refractivity contribution in [2.75, 3.05) is 26.0 Å². The Hall–Kier alpha value is -0.540. The number of unbranched alkanes of at least 4 members (excludes halogenated alkanes) is 2. The fourth-order valence-electron chi connectivity index (χ4n) is 1.68. The molecule has 4 heteroatoms. The van der Waals surface area contributed by atoms with Crippen molar-refractivity contribution in [3.05, 3.63) is 18.2 Å². The third-order valence-corrected chi connectivity index (χ3v) is 3.09. The minimum atomic E-state index is 0.790. The molecule has 1 heterocycles. The summed E-state index contributed by atoms with van der Waals surface area (Å²) < 4.78 is 2.19. The summed E-state index contributed by atoms with van der Waals surface area (Å²) in [6, 6.07) is 0. The van der Waals surface area contributed by atoms with Crippen LogP contribution in [0.2, 0.25) is 0 Å². The summed E-state index contributed by atoms with van der Waals surface area (Å²) in [4.78, 5) is 6.58. The molecule has 0 aromatic carbocycles. The van der Waals surface area contributed by atoms with E-state index < -0.39 is 0 Å². The van der Waals surface area contributed by atoms with E-state index in [4.69, 9.17) is 11.6 Å². The van der Waals surface area contributed by atoms with Crippen LogP contribution in [0.15, 0.2) is 12.4 Å². The van der Waals surface area contributed by atoms with E-state index in [1.807, 2.05) is 19.3 Å². The van der Waals surface area contributed by atoms with E-state index in [1.54, 1.807) is 0 Å². The van der Waals surface area contributed by atoms with Gasteiger partial charge in [0, 0.05) is 31.4 Å². The number of rotatable bonds is 8. The van der Waals surface area contributed by atoms with Crippen molar-refractivity contribution in [2.45, 2.75) is 32.7 Å². The predicted octanol–water partition coefficient (Wildman–Crippen LogP) is 2.53. The Bertz CT molecular complexity index is 286. The second-order valence-corrected chi connectivity index (χ2v) is 4.60. The van der Waals surface area contributed by atoms with Crippen LogP contribution in [0.4, 0.5) is 0 Å². The van der Waals surface area contributed by atoms with Gasteiger partial charge in [0.1, 0.15) is 5.82 Å². The van der Waals surface area contributed by atoms with Crippen LogP contribution in [0.5, 0.6) is 0 Å². The molecule has 0 fully saturated rings. The van der Waals surface area contributed by atoms with Gasteiger partial charge in [0.25, 0.3) is 0 Å².